The fourth-order valence-electron chi connectivity index (χ4n) is 2.22. The maximum atomic E-state index is 9.26. The number of aromatic nitrogens is 2. The van der Waals surface area contributed by atoms with Gasteiger partial charge in [0.2, 0.25) is 0 Å². The Bertz CT molecular complexity index is 273. The molecule has 0 aliphatic carbocycles. The number of aliphatic hydroxyl groups excluding tert-OH is 1. The van der Waals surface area contributed by atoms with E-state index in [0.29, 0.717) is 12.6 Å². The minimum absolute atomic E-state index is 0.296. The minimum atomic E-state index is 0.296. The van der Waals surface area contributed by atoms with Crippen LogP contribution in [0.2, 0.25) is 0 Å². The highest BCUT2D eigenvalue weighted by atomic mass is 16.3. The summed E-state index contributed by atoms with van der Waals surface area (Å²) in [6.45, 7) is 3.40. The third-order valence-corrected chi connectivity index (χ3v) is 3.16. The van der Waals surface area contributed by atoms with Crippen molar-refractivity contribution < 1.29 is 5.11 Å². The Labute approximate surface area is 90.5 Å². The van der Waals surface area contributed by atoms with Crippen LogP contribution in [0.25, 0.3) is 0 Å². The van der Waals surface area contributed by atoms with Gasteiger partial charge in [-0.25, -0.2) is 4.98 Å². The first-order valence-corrected chi connectivity index (χ1v) is 5.71. The van der Waals surface area contributed by atoms with Gasteiger partial charge >= 0.3 is 0 Å². The molecule has 0 amide bonds. The monoisotopic (exact) mass is 209 g/mol. The minimum Gasteiger partial charge on any atom is -0.395 e. The van der Waals surface area contributed by atoms with E-state index in [0.717, 1.165) is 26.1 Å². The zero-order valence-electron chi connectivity index (χ0n) is 9.05. The van der Waals surface area contributed by atoms with E-state index in [-0.39, 0.29) is 0 Å². The third kappa shape index (κ3) is 2.79. The SMILES string of the molecule is OC[C@H]1CCCCN1CCn1ccnc1. The molecule has 4 nitrogen and oxygen atoms in total. The molecule has 0 spiro atoms. The molecule has 2 heterocycles. The van der Waals surface area contributed by atoms with Gasteiger partial charge in [0.15, 0.2) is 0 Å². The normalized spacial score (nSPS) is 23.1. The largest absolute Gasteiger partial charge is 0.395 e. The average molecular weight is 209 g/mol. The van der Waals surface area contributed by atoms with Crippen LogP contribution in [0.5, 0.6) is 0 Å². The summed E-state index contributed by atoms with van der Waals surface area (Å²) in [7, 11) is 0. The van der Waals surface area contributed by atoms with E-state index in [2.05, 4.69) is 14.5 Å². The van der Waals surface area contributed by atoms with Gasteiger partial charge in [0.25, 0.3) is 0 Å². The van der Waals surface area contributed by atoms with Gasteiger partial charge in [-0.15, -0.1) is 0 Å². The molecule has 1 aromatic heterocycles. The summed E-state index contributed by atoms with van der Waals surface area (Å²) in [4.78, 5) is 6.41. The van der Waals surface area contributed by atoms with Gasteiger partial charge in [-0.05, 0) is 19.4 Å². The second-order valence-corrected chi connectivity index (χ2v) is 4.17. The predicted octanol–water partition coefficient (Wildman–Crippen LogP) is 0.730. The van der Waals surface area contributed by atoms with E-state index in [1.54, 1.807) is 6.20 Å². The molecule has 0 saturated carbocycles. The van der Waals surface area contributed by atoms with Crippen molar-refractivity contribution in [3.63, 3.8) is 0 Å². The van der Waals surface area contributed by atoms with E-state index < -0.39 is 0 Å². The van der Waals surface area contributed by atoms with Crippen LogP contribution in [-0.4, -0.2) is 45.3 Å². The molecule has 1 aliphatic rings. The lowest BCUT2D eigenvalue weighted by Crippen LogP contribution is -2.43. The molecule has 1 fully saturated rings. The molecule has 0 radical (unpaired) electrons. The zero-order valence-corrected chi connectivity index (χ0v) is 9.05. The van der Waals surface area contributed by atoms with Gasteiger partial charge in [-0.3, -0.25) is 4.90 Å². The highest BCUT2D eigenvalue weighted by Crippen LogP contribution is 2.16. The summed E-state index contributed by atoms with van der Waals surface area (Å²) in [5.41, 5.74) is 0. The first kappa shape index (κ1) is 10.6. The molecule has 4 heteroatoms. The van der Waals surface area contributed by atoms with Crippen molar-refractivity contribution >= 4 is 0 Å². The fraction of sp³-hybridized carbons (Fsp3) is 0.727. The maximum Gasteiger partial charge on any atom is 0.0946 e. The zero-order chi connectivity index (χ0) is 10.5. The van der Waals surface area contributed by atoms with Crippen molar-refractivity contribution in [2.45, 2.75) is 31.8 Å². The molecule has 1 atom stereocenters. The number of imidazole rings is 1. The number of likely N-dealkylation sites (tertiary alicyclic amines) is 1. The van der Waals surface area contributed by atoms with Gasteiger partial charge in [-0.2, -0.15) is 0 Å². The van der Waals surface area contributed by atoms with Crippen LogP contribution >= 0.6 is 0 Å². The van der Waals surface area contributed by atoms with Crippen molar-refractivity contribution in [3.05, 3.63) is 18.7 Å². The first-order valence-electron chi connectivity index (χ1n) is 5.71. The average Bonchev–Trinajstić information content (AvgIpc) is 2.79. The lowest BCUT2D eigenvalue weighted by atomic mass is 10.0. The summed E-state index contributed by atoms with van der Waals surface area (Å²) in [6.07, 6.45) is 9.29. The number of hydrogen-bond acceptors (Lipinski definition) is 3. The van der Waals surface area contributed by atoms with Crippen LogP contribution in [0.3, 0.4) is 0 Å². The van der Waals surface area contributed by atoms with Crippen LogP contribution in [0, 0.1) is 0 Å². The topological polar surface area (TPSA) is 41.3 Å². The molecule has 1 aromatic rings. The molecule has 0 unspecified atom stereocenters. The van der Waals surface area contributed by atoms with Gasteiger partial charge < -0.3 is 9.67 Å². The summed E-state index contributed by atoms with van der Waals surface area (Å²) in [5, 5.41) is 9.26. The smallest absolute Gasteiger partial charge is 0.0946 e. The quantitative estimate of drug-likeness (QED) is 0.795. The number of nitrogens with zero attached hydrogens (tertiary/aromatic N) is 3. The lowest BCUT2D eigenvalue weighted by Gasteiger charge is -2.34. The molecule has 1 saturated heterocycles. The Morgan fingerprint density at radius 1 is 1.33 bits per heavy atom. The Morgan fingerprint density at radius 2 is 2.27 bits per heavy atom. The van der Waals surface area contributed by atoms with Crippen LogP contribution in [0.4, 0.5) is 0 Å². The molecule has 0 aromatic carbocycles. The van der Waals surface area contributed by atoms with E-state index in [4.69, 9.17) is 0 Å². The van der Waals surface area contributed by atoms with Crippen LogP contribution in [-0.2, 0) is 6.54 Å². The lowest BCUT2D eigenvalue weighted by molar-refractivity contribution is 0.0871. The predicted molar refractivity (Wildman–Crippen MR) is 58.5 cm³/mol. The second kappa shape index (κ2) is 5.28. The molecular weight excluding hydrogens is 190 g/mol. The summed E-state index contributed by atoms with van der Waals surface area (Å²) >= 11 is 0. The highest BCUT2D eigenvalue weighted by molar-refractivity contribution is 4.78. The third-order valence-electron chi connectivity index (χ3n) is 3.16. The van der Waals surface area contributed by atoms with E-state index in [9.17, 15) is 5.11 Å². The number of rotatable bonds is 4. The summed E-state index contributed by atoms with van der Waals surface area (Å²) < 4.78 is 2.09. The summed E-state index contributed by atoms with van der Waals surface area (Å²) in [6, 6.07) is 0.377. The van der Waals surface area contributed by atoms with Gasteiger partial charge in [-0.1, -0.05) is 6.42 Å². The van der Waals surface area contributed by atoms with Crippen LogP contribution in [0.15, 0.2) is 18.7 Å². The molecule has 1 N–H and O–H groups in total. The van der Waals surface area contributed by atoms with Crippen molar-refractivity contribution in [3.8, 4) is 0 Å². The van der Waals surface area contributed by atoms with Crippen LogP contribution in [0.1, 0.15) is 19.3 Å². The number of piperidine rings is 1. The van der Waals surface area contributed by atoms with E-state index in [1.165, 1.54) is 12.8 Å². The first-order chi connectivity index (χ1) is 7.40. The van der Waals surface area contributed by atoms with Crippen molar-refractivity contribution in [1.29, 1.82) is 0 Å². The maximum absolute atomic E-state index is 9.26. The molecular formula is C11H19N3O. The van der Waals surface area contributed by atoms with Crippen LogP contribution < -0.4 is 0 Å². The number of hydrogen-bond donors (Lipinski definition) is 1. The van der Waals surface area contributed by atoms with Crippen molar-refractivity contribution in [2.24, 2.45) is 0 Å². The molecule has 15 heavy (non-hydrogen) atoms. The summed E-state index contributed by atoms with van der Waals surface area (Å²) in [5.74, 6) is 0. The Balaban J connectivity index is 1.81. The van der Waals surface area contributed by atoms with E-state index in [1.807, 2.05) is 12.5 Å². The molecule has 0 bridgehead atoms. The Morgan fingerprint density at radius 3 is 3.00 bits per heavy atom. The van der Waals surface area contributed by atoms with Gasteiger partial charge in [0, 0.05) is 31.5 Å². The fourth-order valence-corrected chi connectivity index (χ4v) is 2.22. The van der Waals surface area contributed by atoms with Crippen molar-refractivity contribution in [2.75, 3.05) is 19.7 Å². The molecule has 1 aliphatic heterocycles. The van der Waals surface area contributed by atoms with Gasteiger partial charge in [0.1, 0.15) is 0 Å². The molecule has 84 valence electrons. The Hall–Kier alpha value is -0.870. The van der Waals surface area contributed by atoms with E-state index >= 15 is 0 Å². The van der Waals surface area contributed by atoms with Crippen molar-refractivity contribution in [1.82, 2.24) is 14.5 Å². The highest BCUT2D eigenvalue weighted by Gasteiger charge is 2.20. The standard InChI is InChI=1S/C11H19N3O/c15-9-11-3-1-2-5-14(11)8-7-13-6-4-12-10-13/h4,6,10-11,15H,1-3,5,7-9H2/t11-/m1/s1. The second-order valence-electron chi connectivity index (χ2n) is 4.17. The Kier molecular flexibility index (Phi) is 3.75. The number of aliphatic hydroxyl groups is 1. The molecule has 2 rings (SSSR count). The van der Waals surface area contributed by atoms with Gasteiger partial charge in [0.05, 0.1) is 12.9 Å².